The predicted octanol–water partition coefficient (Wildman–Crippen LogP) is 2.53. The first kappa shape index (κ1) is 12.4. The fourth-order valence-corrected chi connectivity index (χ4v) is 2.11. The van der Waals surface area contributed by atoms with Crippen molar-refractivity contribution < 1.29 is 0 Å². The van der Waals surface area contributed by atoms with E-state index in [4.69, 9.17) is 5.84 Å². The highest BCUT2D eigenvalue weighted by atomic mass is 15.3. The molecule has 0 fully saturated rings. The van der Waals surface area contributed by atoms with Crippen LogP contribution in [-0.2, 0) is 6.54 Å². The van der Waals surface area contributed by atoms with Gasteiger partial charge in [0.15, 0.2) is 0 Å². The lowest BCUT2D eigenvalue weighted by molar-refractivity contribution is 1.11. The Hall–Kier alpha value is -2.66. The minimum Gasteiger partial charge on any atom is -0.366 e. The van der Waals surface area contributed by atoms with Crippen molar-refractivity contribution in [3.05, 3.63) is 60.3 Å². The molecule has 5 heteroatoms. The highest BCUT2D eigenvalue weighted by Gasteiger charge is 2.02. The molecule has 0 saturated heterocycles. The fourth-order valence-electron chi connectivity index (χ4n) is 2.11. The van der Waals surface area contributed by atoms with E-state index in [-0.39, 0.29) is 0 Å². The Balaban J connectivity index is 1.83. The molecular formula is C15H15N5. The number of nitrogens with one attached hydrogen (secondary N) is 2. The van der Waals surface area contributed by atoms with Gasteiger partial charge in [-0.3, -0.25) is 4.98 Å². The summed E-state index contributed by atoms with van der Waals surface area (Å²) in [5, 5.41) is 4.42. The van der Waals surface area contributed by atoms with E-state index < -0.39 is 0 Å². The molecule has 0 amide bonds. The Kier molecular flexibility index (Phi) is 3.43. The summed E-state index contributed by atoms with van der Waals surface area (Å²) in [4.78, 5) is 8.75. The van der Waals surface area contributed by atoms with Gasteiger partial charge in [-0.15, -0.1) is 0 Å². The van der Waals surface area contributed by atoms with Crippen molar-refractivity contribution >= 4 is 22.5 Å². The van der Waals surface area contributed by atoms with E-state index in [1.807, 2.05) is 36.5 Å². The normalized spacial score (nSPS) is 10.4. The maximum Gasteiger partial charge on any atom is 0.142 e. The molecule has 0 aliphatic heterocycles. The molecule has 3 aromatic rings. The van der Waals surface area contributed by atoms with E-state index in [2.05, 4.69) is 38.9 Å². The molecule has 0 saturated carbocycles. The topological polar surface area (TPSA) is 75.9 Å². The highest BCUT2D eigenvalue weighted by molar-refractivity contribution is 5.81. The van der Waals surface area contributed by atoms with Crippen molar-refractivity contribution in [2.45, 2.75) is 6.54 Å². The van der Waals surface area contributed by atoms with Gasteiger partial charge in [0.2, 0.25) is 0 Å². The molecule has 4 N–H and O–H groups in total. The molecule has 0 spiro atoms. The molecule has 2 aromatic heterocycles. The Morgan fingerprint density at radius 3 is 2.65 bits per heavy atom. The Morgan fingerprint density at radius 1 is 0.950 bits per heavy atom. The molecule has 0 radical (unpaired) electrons. The third-order valence-corrected chi connectivity index (χ3v) is 3.07. The number of aromatic nitrogens is 2. The predicted molar refractivity (Wildman–Crippen MR) is 81.1 cm³/mol. The minimum absolute atomic E-state index is 0.631. The largest absolute Gasteiger partial charge is 0.366 e. The lowest BCUT2D eigenvalue weighted by Gasteiger charge is -2.09. The van der Waals surface area contributed by atoms with Crippen LogP contribution in [0.3, 0.4) is 0 Å². The molecule has 0 aliphatic rings. The van der Waals surface area contributed by atoms with Crippen molar-refractivity contribution in [3.8, 4) is 0 Å². The lowest BCUT2D eigenvalue weighted by Crippen LogP contribution is -2.10. The smallest absolute Gasteiger partial charge is 0.142 e. The number of nitrogen functional groups attached to an aromatic ring is 1. The quantitative estimate of drug-likeness (QED) is 0.499. The SMILES string of the molecule is NNc1cccc(NCc2cccc3cccnc23)n1. The van der Waals surface area contributed by atoms with Crippen LogP contribution in [0.25, 0.3) is 10.9 Å². The number of fused-ring (bicyclic) bond motifs is 1. The van der Waals surface area contributed by atoms with Crippen molar-refractivity contribution in [2.75, 3.05) is 10.7 Å². The molecule has 3 rings (SSSR count). The number of anilines is 2. The number of nitrogens with zero attached hydrogens (tertiary/aromatic N) is 2. The van der Waals surface area contributed by atoms with Gasteiger partial charge in [0, 0.05) is 18.1 Å². The van der Waals surface area contributed by atoms with Crippen LogP contribution in [0.5, 0.6) is 0 Å². The summed E-state index contributed by atoms with van der Waals surface area (Å²) >= 11 is 0. The Bertz CT molecular complexity index is 721. The first-order chi connectivity index (χ1) is 9.86. The van der Waals surface area contributed by atoms with Gasteiger partial charge in [0.1, 0.15) is 11.6 Å². The van der Waals surface area contributed by atoms with Gasteiger partial charge in [-0.1, -0.05) is 30.3 Å². The van der Waals surface area contributed by atoms with Gasteiger partial charge in [0.25, 0.3) is 0 Å². The second-order valence-electron chi connectivity index (χ2n) is 4.40. The summed E-state index contributed by atoms with van der Waals surface area (Å²) in [6, 6.07) is 15.8. The van der Waals surface area contributed by atoms with Gasteiger partial charge >= 0.3 is 0 Å². The van der Waals surface area contributed by atoms with Crippen LogP contribution in [0.4, 0.5) is 11.6 Å². The third-order valence-electron chi connectivity index (χ3n) is 3.07. The molecular weight excluding hydrogens is 250 g/mol. The van der Waals surface area contributed by atoms with Gasteiger partial charge in [0.05, 0.1) is 5.52 Å². The van der Waals surface area contributed by atoms with E-state index in [0.29, 0.717) is 12.4 Å². The average molecular weight is 265 g/mol. The fraction of sp³-hybridized carbons (Fsp3) is 0.0667. The Morgan fingerprint density at radius 2 is 1.75 bits per heavy atom. The Labute approximate surface area is 116 Å². The van der Waals surface area contributed by atoms with Gasteiger partial charge in [-0.25, -0.2) is 10.8 Å². The maximum absolute atomic E-state index is 5.35. The zero-order valence-corrected chi connectivity index (χ0v) is 10.9. The zero-order chi connectivity index (χ0) is 13.8. The summed E-state index contributed by atoms with van der Waals surface area (Å²) in [6.45, 7) is 0.662. The highest BCUT2D eigenvalue weighted by Crippen LogP contribution is 2.17. The van der Waals surface area contributed by atoms with E-state index >= 15 is 0 Å². The van der Waals surface area contributed by atoms with Crippen molar-refractivity contribution in [1.82, 2.24) is 9.97 Å². The number of pyridine rings is 2. The molecule has 20 heavy (non-hydrogen) atoms. The number of benzene rings is 1. The van der Waals surface area contributed by atoms with Crippen LogP contribution in [0.2, 0.25) is 0 Å². The molecule has 0 atom stereocenters. The van der Waals surface area contributed by atoms with Gasteiger partial charge in [-0.2, -0.15) is 0 Å². The monoisotopic (exact) mass is 265 g/mol. The van der Waals surface area contributed by atoms with E-state index in [1.54, 1.807) is 0 Å². The first-order valence-corrected chi connectivity index (χ1v) is 6.37. The van der Waals surface area contributed by atoms with Gasteiger partial charge in [-0.05, 0) is 23.8 Å². The zero-order valence-electron chi connectivity index (χ0n) is 10.9. The van der Waals surface area contributed by atoms with E-state index in [9.17, 15) is 0 Å². The molecule has 100 valence electrons. The number of nitrogens with two attached hydrogens (primary N) is 1. The van der Waals surface area contributed by atoms with Crippen molar-refractivity contribution in [2.24, 2.45) is 5.84 Å². The van der Waals surface area contributed by atoms with Gasteiger partial charge < -0.3 is 10.7 Å². The molecule has 0 aliphatic carbocycles. The summed E-state index contributed by atoms with van der Waals surface area (Å²) < 4.78 is 0. The molecule has 1 aromatic carbocycles. The van der Waals surface area contributed by atoms with Crippen molar-refractivity contribution in [1.29, 1.82) is 0 Å². The lowest BCUT2D eigenvalue weighted by atomic mass is 10.1. The number of hydrogen-bond acceptors (Lipinski definition) is 5. The van der Waals surface area contributed by atoms with E-state index in [1.165, 1.54) is 0 Å². The summed E-state index contributed by atoms with van der Waals surface area (Å²) in [6.07, 6.45) is 1.81. The number of hydrazine groups is 1. The summed E-state index contributed by atoms with van der Waals surface area (Å²) in [5.74, 6) is 6.75. The number of rotatable bonds is 4. The second-order valence-corrected chi connectivity index (χ2v) is 4.40. The molecule has 0 bridgehead atoms. The molecule has 2 heterocycles. The first-order valence-electron chi connectivity index (χ1n) is 6.37. The molecule has 5 nitrogen and oxygen atoms in total. The van der Waals surface area contributed by atoms with Crippen LogP contribution in [0.1, 0.15) is 5.56 Å². The summed E-state index contributed by atoms with van der Waals surface area (Å²) in [7, 11) is 0. The number of hydrogen-bond donors (Lipinski definition) is 3. The van der Waals surface area contributed by atoms with Crippen LogP contribution >= 0.6 is 0 Å². The van der Waals surface area contributed by atoms with Crippen LogP contribution in [-0.4, -0.2) is 9.97 Å². The van der Waals surface area contributed by atoms with Crippen LogP contribution in [0.15, 0.2) is 54.7 Å². The second kappa shape index (κ2) is 5.54. The van der Waals surface area contributed by atoms with Crippen LogP contribution in [0, 0.1) is 0 Å². The minimum atomic E-state index is 0.631. The van der Waals surface area contributed by atoms with E-state index in [0.717, 1.165) is 22.3 Å². The molecule has 0 unspecified atom stereocenters. The summed E-state index contributed by atoms with van der Waals surface area (Å²) in [5.41, 5.74) is 4.68. The average Bonchev–Trinajstić information content (AvgIpc) is 2.53. The van der Waals surface area contributed by atoms with Crippen molar-refractivity contribution in [3.63, 3.8) is 0 Å². The number of para-hydroxylation sites is 1. The van der Waals surface area contributed by atoms with Crippen LogP contribution < -0.4 is 16.6 Å². The standard InChI is InChI=1S/C15H15N5/c16-20-14-8-2-7-13(19-14)18-10-12-5-1-4-11-6-3-9-17-15(11)12/h1-9H,10,16H2,(H2,18,19,20). The maximum atomic E-state index is 5.35. The third kappa shape index (κ3) is 2.53.